The van der Waals surface area contributed by atoms with Crippen molar-refractivity contribution in [1.29, 1.82) is 5.26 Å². The average molecular weight is 262 g/mol. The lowest BCUT2D eigenvalue weighted by Gasteiger charge is -2.17. The van der Waals surface area contributed by atoms with Gasteiger partial charge in [0.25, 0.3) is 0 Å². The van der Waals surface area contributed by atoms with Crippen LogP contribution in [0.1, 0.15) is 5.56 Å². The van der Waals surface area contributed by atoms with Crippen LogP contribution in [0.4, 0.5) is 23.2 Å². The molecule has 18 heavy (non-hydrogen) atoms. The molecule has 0 heterocycles. The summed E-state index contributed by atoms with van der Waals surface area (Å²) >= 11 is 0. The van der Waals surface area contributed by atoms with Gasteiger partial charge in [0.05, 0.1) is 24.9 Å². The second-order valence-corrected chi connectivity index (χ2v) is 3.44. The molecule has 0 bridgehead atoms. The summed E-state index contributed by atoms with van der Waals surface area (Å²) < 4.78 is 54.2. The van der Waals surface area contributed by atoms with Gasteiger partial charge in [-0.3, -0.25) is 0 Å². The first-order valence-electron chi connectivity index (χ1n) is 4.88. The van der Waals surface area contributed by atoms with E-state index in [-0.39, 0.29) is 11.3 Å². The van der Waals surface area contributed by atoms with Crippen LogP contribution < -0.4 is 10.1 Å². The van der Waals surface area contributed by atoms with Crippen LogP contribution >= 0.6 is 0 Å². The highest BCUT2D eigenvalue weighted by Gasteiger charge is 2.40. The molecule has 98 valence electrons. The third-order valence-corrected chi connectivity index (χ3v) is 2.18. The Balaban J connectivity index is 2.87. The molecular formula is C11H10F4N2O. The Bertz CT molecular complexity index is 457. The maximum atomic E-state index is 12.7. The second-order valence-electron chi connectivity index (χ2n) is 3.44. The van der Waals surface area contributed by atoms with Crippen molar-refractivity contribution in [3.05, 3.63) is 23.8 Å². The van der Waals surface area contributed by atoms with E-state index in [2.05, 4.69) is 5.32 Å². The molecular weight excluding hydrogens is 252 g/mol. The molecule has 0 aliphatic heterocycles. The topological polar surface area (TPSA) is 45.0 Å². The Morgan fingerprint density at radius 1 is 1.44 bits per heavy atom. The molecule has 7 heteroatoms. The summed E-state index contributed by atoms with van der Waals surface area (Å²) in [6.07, 6.45) is -3.76. The Kier molecular flexibility index (Phi) is 4.37. The fraction of sp³-hybridized carbons (Fsp3) is 0.364. The summed E-state index contributed by atoms with van der Waals surface area (Å²) in [5.41, 5.74) is 0.0954. The van der Waals surface area contributed by atoms with Crippen LogP contribution in [0.25, 0.3) is 0 Å². The summed E-state index contributed by atoms with van der Waals surface area (Å²) in [6, 6.07) is 5.87. The van der Waals surface area contributed by atoms with Crippen molar-refractivity contribution >= 4 is 5.69 Å². The van der Waals surface area contributed by atoms with Crippen LogP contribution in [0.3, 0.4) is 0 Å². The Hall–Kier alpha value is -1.97. The number of alkyl halides is 4. The first-order chi connectivity index (χ1) is 8.40. The minimum atomic E-state index is -4.16. The molecule has 1 N–H and O–H groups in total. The van der Waals surface area contributed by atoms with Crippen LogP contribution in [0, 0.1) is 11.3 Å². The summed E-state index contributed by atoms with van der Waals surface area (Å²) in [5, 5.41) is 10.9. The minimum absolute atomic E-state index is 0.0252. The highest BCUT2D eigenvalue weighted by Crippen LogP contribution is 2.26. The van der Waals surface area contributed by atoms with E-state index < -0.39 is 18.9 Å². The van der Waals surface area contributed by atoms with Crippen LogP contribution in [-0.2, 0) is 0 Å². The van der Waals surface area contributed by atoms with Gasteiger partial charge in [-0.15, -0.1) is 0 Å². The minimum Gasteiger partial charge on any atom is -0.497 e. The van der Waals surface area contributed by atoms with E-state index >= 15 is 0 Å². The molecule has 0 radical (unpaired) electrons. The molecule has 0 aliphatic rings. The number of hydrogen-bond donors (Lipinski definition) is 1. The number of nitriles is 1. The maximum absolute atomic E-state index is 12.7. The fourth-order valence-electron chi connectivity index (χ4n) is 1.18. The normalized spacial score (nSPS) is 11.2. The van der Waals surface area contributed by atoms with Gasteiger partial charge < -0.3 is 10.1 Å². The van der Waals surface area contributed by atoms with Crippen molar-refractivity contribution in [2.45, 2.75) is 12.3 Å². The van der Waals surface area contributed by atoms with Crippen molar-refractivity contribution in [3.8, 4) is 11.8 Å². The standard InChI is InChI=1S/C11H10F4N2O/c1-18-8-3-2-7(5-16)9(4-8)17-6-11(14,15)10(12)13/h2-4,10,17H,6H2,1H3. The number of ether oxygens (including phenoxy) is 1. The third kappa shape index (κ3) is 3.26. The molecule has 1 aromatic carbocycles. The van der Waals surface area contributed by atoms with Crippen molar-refractivity contribution < 1.29 is 22.3 Å². The molecule has 3 nitrogen and oxygen atoms in total. The molecule has 0 unspecified atom stereocenters. The number of rotatable bonds is 5. The zero-order valence-corrected chi connectivity index (χ0v) is 9.38. The lowest BCUT2D eigenvalue weighted by atomic mass is 10.2. The molecule has 1 aromatic rings. The van der Waals surface area contributed by atoms with Gasteiger partial charge in [0, 0.05) is 6.07 Å². The smallest absolute Gasteiger partial charge is 0.324 e. The van der Waals surface area contributed by atoms with Crippen molar-refractivity contribution in [1.82, 2.24) is 0 Å². The van der Waals surface area contributed by atoms with Gasteiger partial charge in [-0.25, -0.2) is 8.78 Å². The zero-order chi connectivity index (χ0) is 13.8. The largest absolute Gasteiger partial charge is 0.497 e. The Labute approximate surface area is 101 Å². The van der Waals surface area contributed by atoms with Gasteiger partial charge in [-0.2, -0.15) is 14.0 Å². The lowest BCUT2D eigenvalue weighted by Crippen LogP contribution is -2.35. The van der Waals surface area contributed by atoms with Crippen LogP contribution in [0.5, 0.6) is 5.75 Å². The SMILES string of the molecule is COc1ccc(C#N)c(NCC(F)(F)C(F)F)c1. The number of anilines is 1. The van der Waals surface area contributed by atoms with E-state index in [1.807, 2.05) is 0 Å². The van der Waals surface area contributed by atoms with Crippen LogP contribution in [-0.4, -0.2) is 26.0 Å². The Morgan fingerprint density at radius 2 is 2.11 bits per heavy atom. The maximum Gasteiger partial charge on any atom is 0.324 e. The predicted octanol–water partition coefficient (Wildman–Crippen LogP) is 2.88. The molecule has 1 rings (SSSR count). The van der Waals surface area contributed by atoms with E-state index in [0.717, 1.165) is 0 Å². The van der Waals surface area contributed by atoms with Crippen molar-refractivity contribution in [3.63, 3.8) is 0 Å². The third-order valence-electron chi connectivity index (χ3n) is 2.18. The van der Waals surface area contributed by atoms with Crippen LogP contribution in [0.2, 0.25) is 0 Å². The highest BCUT2D eigenvalue weighted by atomic mass is 19.3. The number of benzene rings is 1. The number of nitrogens with zero attached hydrogens (tertiary/aromatic N) is 1. The van der Waals surface area contributed by atoms with Gasteiger partial charge in [0.15, 0.2) is 0 Å². The van der Waals surface area contributed by atoms with Gasteiger partial charge in [0.2, 0.25) is 0 Å². The van der Waals surface area contributed by atoms with E-state index in [9.17, 15) is 17.6 Å². The lowest BCUT2D eigenvalue weighted by molar-refractivity contribution is -0.117. The quantitative estimate of drug-likeness (QED) is 0.830. The number of nitrogens with one attached hydrogen (secondary N) is 1. The number of methoxy groups -OCH3 is 1. The number of halogens is 4. The van der Waals surface area contributed by atoms with Crippen molar-refractivity contribution in [2.24, 2.45) is 0 Å². The predicted molar refractivity (Wildman–Crippen MR) is 57.1 cm³/mol. The highest BCUT2D eigenvalue weighted by molar-refractivity contribution is 5.60. The summed E-state index contributed by atoms with van der Waals surface area (Å²) in [4.78, 5) is 0. The van der Waals surface area contributed by atoms with Gasteiger partial charge in [0.1, 0.15) is 11.8 Å². The molecule has 0 atom stereocenters. The molecule has 0 saturated carbocycles. The Morgan fingerprint density at radius 3 is 2.61 bits per heavy atom. The molecule has 0 fully saturated rings. The van der Waals surface area contributed by atoms with Gasteiger partial charge >= 0.3 is 12.3 Å². The summed E-state index contributed by atoms with van der Waals surface area (Å²) in [5.74, 6) is -3.83. The van der Waals surface area contributed by atoms with E-state index in [0.29, 0.717) is 5.75 Å². The first kappa shape index (κ1) is 14.1. The first-order valence-corrected chi connectivity index (χ1v) is 4.88. The van der Waals surface area contributed by atoms with E-state index in [1.165, 1.54) is 25.3 Å². The molecule has 0 amide bonds. The second kappa shape index (κ2) is 5.58. The van der Waals surface area contributed by atoms with E-state index in [4.69, 9.17) is 10.00 Å². The zero-order valence-electron chi connectivity index (χ0n) is 9.38. The average Bonchev–Trinajstić information content (AvgIpc) is 2.35. The molecule has 0 saturated heterocycles. The summed E-state index contributed by atoms with van der Waals surface area (Å²) in [6.45, 7) is -1.26. The van der Waals surface area contributed by atoms with Gasteiger partial charge in [-0.05, 0) is 12.1 Å². The fourth-order valence-corrected chi connectivity index (χ4v) is 1.18. The van der Waals surface area contributed by atoms with Crippen LogP contribution in [0.15, 0.2) is 18.2 Å². The van der Waals surface area contributed by atoms with Gasteiger partial charge in [-0.1, -0.05) is 0 Å². The monoisotopic (exact) mass is 262 g/mol. The number of hydrogen-bond acceptors (Lipinski definition) is 3. The summed E-state index contributed by atoms with van der Waals surface area (Å²) in [7, 11) is 1.36. The molecule has 0 aliphatic carbocycles. The molecule has 0 spiro atoms. The van der Waals surface area contributed by atoms with Crippen molar-refractivity contribution in [2.75, 3.05) is 19.0 Å². The van der Waals surface area contributed by atoms with E-state index in [1.54, 1.807) is 6.07 Å². The molecule has 0 aromatic heterocycles.